The molecule has 2 fully saturated rings. The van der Waals surface area contributed by atoms with Gasteiger partial charge in [-0.3, -0.25) is 0 Å². The van der Waals surface area contributed by atoms with Gasteiger partial charge in [-0.15, -0.1) is 0 Å². The Morgan fingerprint density at radius 2 is 1.80 bits per heavy atom. The third-order valence-electron chi connectivity index (χ3n) is 6.21. The first-order chi connectivity index (χ1) is 14.6. The van der Waals surface area contributed by atoms with Crippen LogP contribution in [-0.2, 0) is 4.74 Å². The molecule has 3 heterocycles. The molecule has 1 atom stereocenters. The summed E-state index contributed by atoms with van der Waals surface area (Å²) in [6, 6.07) is 12.6. The minimum Gasteiger partial charge on any atom is -0.460 e. The molecule has 0 bridgehead atoms. The predicted octanol–water partition coefficient (Wildman–Crippen LogP) is 1.38. The minimum atomic E-state index is 0.0142. The number of carbonyl (C=O) groups is 1. The molecule has 7 nitrogen and oxygen atoms in total. The lowest BCUT2D eigenvalue weighted by Crippen LogP contribution is -3.15. The van der Waals surface area contributed by atoms with Gasteiger partial charge >= 0.3 is 6.03 Å². The molecule has 0 unspecified atom stereocenters. The van der Waals surface area contributed by atoms with Crippen molar-refractivity contribution in [2.75, 3.05) is 63.9 Å². The summed E-state index contributed by atoms with van der Waals surface area (Å²) in [6.45, 7) is 11.2. The van der Waals surface area contributed by atoms with Crippen LogP contribution in [0.2, 0.25) is 0 Å². The molecular formula is C23H33N4O3+. The number of para-hydroxylation sites is 1. The quantitative estimate of drug-likeness (QED) is 0.778. The number of quaternary nitrogens is 1. The molecular weight excluding hydrogens is 380 g/mol. The van der Waals surface area contributed by atoms with Crippen molar-refractivity contribution in [3.8, 4) is 0 Å². The molecule has 2 saturated heterocycles. The Balaban J connectivity index is 1.33. The van der Waals surface area contributed by atoms with Gasteiger partial charge in [0.05, 0.1) is 19.8 Å². The molecule has 0 radical (unpaired) electrons. The molecule has 30 heavy (non-hydrogen) atoms. The topological polar surface area (TPSA) is 62.4 Å². The Morgan fingerprint density at radius 1 is 1.07 bits per heavy atom. The monoisotopic (exact) mass is 413 g/mol. The Labute approximate surface area is 178 Å². The van der Waals surface area contributed by atoms with Gasteiger partial charge < -0.3 is 29.2 Å². The molecule has 2 aliphatic rings. The standard InChI is InChI=1S/C23H32N4O3/c1-18-5-3-4-6-20(18)25-9-11-27(12-10-25)23(28)24-17-21(22-8-7-19(2)30-22)26-13-15-29-16-14-26/h3-8,21H,9-17H2,1-2H3,(H,24,28)/p+1/t21-/m1/s1. The van der Waals surface area contributed by atoms with Gasteiger partial charge in [0.1, 0.15) is 18.8 Å². The number of aryl methyl sites for hydroxylation is 2. The van der Waals surface area contributed by atoms with E-state index in [1.54, 1.807) is 0 Å². The number of urea groups is 1. The maximum Gasteiger partial charge on any atom is 0.317 e. The van der Waals surface area contributed by atoms with Crippen molar-refractivity contribution in [2.24, 2.45) is 0 Å². The summed E-state index contributed by atoms with van der Waals surface area (Å²) in [5.41, 5.74) is 2.54. The van der Waals surface area contributed by atoms with E-state index in [-0.39, 0.29) is 12.1 Å². The number of anilines is 1. The Hall–Kier alpha value is -2.51. The normalized spacial score (nSPS) is 19.0. The summed E-state index contributed by atoms with van der Waals surface area (Å²) in [4.78, 5) is 18.6. The molecule has 0 aliphatic carbocycles. The van der Waals surface area contributed by atoms with Crippen molar-refractivity contribution in [3.63, 3.8) is 0 Å². The lowest BCUT2D eigenvalue weighted by molar-refractivity contribution is -0.938. The van der Waals surface area contributed by atoms with Gasteiger partial charge in [-0.05, 0) is 37.6 Å². The first-order valence-corrected chi connectivity index (χ1v) is 10.9. The van der Waals surface area contributed by atoms with E-state index < -0.39 is 0 Å². The zero-order valence-corrected chi connectivity index (χ0v) is 18.0. The van der Waals surface area contributed by atoms with Crippen LogP contribution in [0.15, 0.2) is 40.8 Å². The number of rotatable bonds is 5. The number of furan rings is 1. The number of benzene rings is 1. The van der Waals surface area contributed by atoms with Crippen molar-refractivity contribution in [1.82, 2.24) is 10.2 Å². The summed E-state index contributed by atoms with van der Waals surface area (Å²) >= 11 is 0. The van der Waals surface area contributed by atoms with Crippen LogP contribution < -0.4 is 15.1 Å². The summed E-state index contributed by atoms with van der Waals surface area (Å²) < 4.78 is 11.4. The Kier molecular flexibility index (Phi) is 6.59. The molecule has 2 N–H and O–H groups in total. The van der Waals surface area contributed by atoms with E-state index in [2.05, 4.69) is 41.4 Å². The summed E-state index contributed by atoms with van der Waals surface area (Å²) in [5.74, 6) is 1.84. The average molecular weight is 414 g/mol. The SMILES string of the molecule is Cc1ccc([C@@H](CNC(=O)N2CCN(c3ccccc3C)CC2)[NH+]2CCOCC2)o1. The van der Waals surface area contributed by atoms with Crippen LogP contribution in [0.3, 0.4) is 0 Å². The second kappa shape index (κ2) is 9.53. The fraction of sp³-hybridized carbons (Fsp3) is 0.522. The lowest BCUT2D eigenvalue weighted by atomic mass is 10.1. The van der Waals surface area contributed by atoms with E-state index in [1.807, 2.05) is 24.0 Å². The number of nitrogens with zero attached hydrogens (tertiary/aromatic N) is 2. The number of hydrogen-bond acceptors (Lipinski definition) is 4. The highest BCUT2D eigenvalue weighted by Crippen LogP contribution is 2.21. The van der Waals surface area contributed by atoms with E-state index in [0.717, 1.165) is 64.0 Å². The van der Waals surface area contributed by atoms with Crippen LogP contribution in [0.1, 0.15) is 23.1 Å². The van der Waals surface area contributed by atoms with Crippen molar-refractivity contribution >= 4 is 11.7 Å². The molecule has 1 aromatic heterocycles. The van der Waals surface area contributed by atoms with Gasteiger partial charge in [0, 0.05) is 31.9 Å². The summed E-state index contributed by atoms with van der Waals surface area (Å²) in [6.07, 6.45) is 0. The lowest BCUT2D eigenvalue weighted by Gasteiger charge is -2.37. The van der Waals surface area contributed by atoms with Crippen molar-refractivity contribution in [3.05, 3.63) is 53.5 Å². The van der Waals surface area contributed by atoms with Crippen LogP contribution in [0.25, 0.3) is 0 Å². The Morgan fingerprint density at radius 3 is 2.47 bits per heavy atom. The van der Waals surface area contributed by atoms with E-state index in [1.165, 1.54) is 16.2 Å². The van der Waals surface area contributed by atoms with E-state index in [4.69, 9.17) is 9.15 Å². The van der Waals surface area contributed by atoms with Gasteiger partial charge in [-0.1, -0.05) is 18.2 Å². The van der Waals surface area contributed by atoms with Crippen LogP contribution in [0.4, 0.5) is 10.5 Å². The zero-order valence-electron chi connectivity index (χ0n) is 18.0. The number of carbonyl (C=O) groups excluding carboxylic acids is 1. The third-order valence-corrected chi connectivity index (χ3v) is 6.21. The highest BCUT2D eigenvalue weighted by molar-refractivity contribution is 5.74. The number of morpholine rings is 1. The number of piperazine rings is 1. The minimum absolute atomic E-state index is 0.0142. The van der Waals surface area contributed by atoms with Gasteiger partial charge in [0.15, 0.2) is 11.8 Å². The number of hydrogen-bond donors (Lipinski definition) is 2. The maximum absolute atomic E-state index is 12.9. The maximum atomic E-state index is 12.9. The number of nitrogens with one attached hydrogen (secondary N) is 2. The molecule has 7 heteroatoms. The molecule has 2 aromatic rings. The van der Waals surface area contributed by atoms with E-state index >= 15 is 0 Å². The fourth-order valence-electron chi connectivity index (χ4n) is 4.44. The zero-order chi connectivity index (χ0) is 20.9. The van der Waals surface area contributed by atoms with E-state index in [9.17, 15) is 4.79 Å². The summed E-state index contributed by atoms with van der Waals surface area (Å²) in [5, 5.41) is 3.17. The molecule has 2 amide bonds. The van der Waals surface area contributed by atoms with E-state index in [0.29, 0.717) is 6.54 Å². The molecule has 162 valence electrons. The van der Waals surface area contributed by atoms with Gasteiger partial charge in [0.2, 0.25) is 0 Å². The third kappa shape index (κ3) is 4.79. The molecule has 0 spiro atoms. The van der Waals surface area contributed by atoms with Crippen molar-refractivity contribution in [1.29, 1.82) is 0 Å². The smallest absolute Gasteiger partial charge is 0.317 e. The van der Waals surface area contributed by atoms with Gasteiger partial charge in [-0.25, -0.2) is 4.79 Å². The molecule has 0 saturated carbocycles. The molecule has 4 rings (SSSR count). The van der Waals surface area contributed by atoms with Gasteiger partial charge in [0.25, 0.3) is 0 Å². The van der Waals surface area contributed by atoms with Crippen molar-refractivity contribution in [2.45, 2.75) is 19.9 Å². The van der Waals surface area contributed by atoms with Crippen LogP contribution in [-0.4, -0.2) is 70.0 Å². The second-order valence-corrected chi connectivity index (χ2v) is 8.22. The number of amides is 2. The van der Waals surface area contributed by atoms with Crippen LogP contribution in [0, 0.1) is 13.8 Å². The molecule has 2 aliphatic heterocycles. The largest absolute Gasteiger partial charge is 0.460 e. The van der Waals surface area contributed by atoms with Crippen LogP contribution >= 0.6 is 0 Å². The summed E-state index contributed by atoms with van der Waals surface area (Å²) in [7, 11) is 0. The fourth-order valence-corrected chi connectivity index (χ4v) is 4.44. The average Bonchev–Trinajstić information content (AvgIpc) is 3.21. The molecule has 1 aromatic carbocycles. The highest BCUT2D eigenvalue weighted by atomic mass is 16.5. The second-order valence-electron chi connectivity index (χ2n) is 8.22. The number of ether oxygens (including phenoxy) is 1. The first-order valence-electron chi connectivity index (χ1n) is 10.9. The van der Waals surface area contributed by atoms with Crippen molar-refractivity contribution < 1.29 is 18.8 Å². The predicted molar refractivity (Wildman–Crippen MR) is 116 cm³/mol. The first kappa shape index (κ1) is 20.8. The Bertz CT molecular complexity index is 838. The van der Waals surface area contributed by atoms with Gasteiger partial charge in [-0.2, -0.15) is 0 Å². The highest BCUT2D eigenvalue weighted by Gasteiger charge is 2.30. The van der Waals surface area contributed by atoms with Crippen LogP contribution in [0.5, 0.6) is 0 Å².